The number of aromatic nitrogens is 4. The minimum atomic E-state index is -0.602. The number of amides is 2. The fraction of sp³-hybridized carbons (Fsp3) is 0.394. The number of benzene rings is 2. The molecule has 1 saturated heterocycles. The highest BCUT2D eigenvalue weighted by Crippen LogP contribution is 2.59. The van der Waals surface area contributed by atoms with E-state index in [0.29, 0.717) is 35.3 Å². The monoisotopic (exact) mass is 582 g/mol. The molecule has 2 aromatic heterocycles. The molecular formula is C33H35FN6O3. The third kappa shape index (κ3) is 5.42. The number of likely N-dealkylation sites (tertiary alicyclic amines) is 1. The van der Waals surface area contributed by atoms with Crippen LogP contribution in [0, 0.1) is 25.1 Å². The Morgan fingerprint density at radius 3 is 2.53 bits per heavy atom. The average molecular weight is 583 g/mol. The molecule has 4 aromatic rings. The molecule has 43 heavy (non-hydrogen) atoms. The Kier molecular flexibility index (Phi) is 7.10. The Labute approximate surface area is 249 Å². The first-order valence-electron chi connectivity index (χ1n) is 14.6. The van der Waals surface area contributed by atoms with Crippen LogP contribution in [0.2, 0.25) is 0 Å². The van der Waals surface area contributed by atoms with Gasteiger partial charge in [-0.25, -0.2) is 14.4 Å². The van der Waals surface area contributed by atoms with Crippen molar-refractivity contribution in [2.24, 2.45) is 5.41 Å². The summed E-state index contributed by atoms with van der Waals surface area (Å²) in [5.74, 6) is -0.265. The zero-order valence-electron chi connectivity index (χ0n) is 25.0. The van der Waals surface area contributed by atoms with Crippen LogP contribution in [-0.2, 0) is 22.6 Å². The lowest BCUT2D eigenvalue weighted by atomic mass is 10.0. The summed E-state index contributed by atoms with van der Waals surface area (Å²) in [6, 6.07) is 9.36. The van der Waals surface area contributed by atoms with Crippen LogP contribution in [0.15, 0.2) is 48.8 Å². The molecule has 2 aromatic carbocycles. The van der Waals surface area contributed by atoms with E-state index in [1.54, 1.807) is 28.0 Å². The first-order valence-corrected chi connectivity index (χ1v) is 14.6. The number of piperidine rings is 1. The van der Waals surface area contributed by atoms with Gasteiger partial charge in [-0.15, -0.1) is 0 Å². The van der Waals surface area contributed by atoms with Gasteiger partial charge in [0.05, 0.1) is 5.52 Å². The molecule has 0 bridgehead atoms. The maximum Gasteiger partial charge on any atom is 0.245 e. The maximum atomic E-state index is 13.9. The van der Waals surface area contributed by atoms with Crippen molar-refractivity contribution in [3.63, 3.8) is 0 Å². The Morgan fingerprint density at radius 1 is 1.09 bits per heavy atom. The highest BCUT2D eigenvalue weighted by molar-refractivity contribution is 6.07. The standard InChI is InChI=1S/C33H35FN6O3/c1-18-9-23(24-15-35-21(4)36-16-24)12-26-30(20(3)41)38-39(31(18)26)17-29(42)40-27(13-33(5)14-28(33)40)32(43)37-19(2)10-22-7-6-8-25(34)11-22/h6-9,11-12,15-16,19,27-28H,10,13-14,17H2,1-5H3,(H,37,43)/t19?,27-,28?,33-/m0/s1. The Hall–Kier alpha value is -4.47. The molecule has 2 amide bonds. The molecule has 0 radical (unpaired) electrons. The van der Waals surface area contributed by atoms with Gasteiger partial charge in [0.2, 0.25) is 11.8 Å². The first kappa shape index (κ1) is 28.6. The summed E-state index contributed by atoms with van der Waals surface area (Å²) in [5.41, 5.74) is 4.23. The van der Waals surface area contributed by atoms with Crippen molar-refractivity contribution in [2.75, 3.05) is 0 Å². The van der Waals surface area contributed by atoms with Crippen LogP contribution in [0.3, 0.4) is 0 Å². The Bertz CT molecular complexity index is 1770. The molecule has 3 heterocycles. The van der Waals surface area contributed by atoms with Crippen molar-refractivity contribution < 1.29 is 18.8 Å². The van der Waals surface area contributed by atoms with Gasteiger partial charge in [0.15, 0.2) is 5.78 Å². The number of aryl methyl sites for hydroxylation is 2. The largest absolute Gasteiger partial charge is 0.352 e. The molecular weight excluding hydrogens is 547 g/mol. The van der Waals surface area contributed by atoms with Crippen molar-refractivity contribution in [3.8, 4) is 11.1 Å². The van der Waals surface area contributed by atoms with E-state index in [1.807, 2.05) is 39.0 Å². The van der Waals surface area contributed by atoms with Crippen LogP contribution in [0.25, 0.3) is 22.0 Å². The fourth-order valence-corrected chi connectivity index (χ4v) is 6.59. The number of rotatable bonds is 8. The van der Waals surface area contributed by atoms with Crippen molar-refractivity contribution >= 4 is 28.5 Å². The van der Waals surface area contributed by atoms with Crippen LogP contribution in [0.1, 0.15) is 61.1 Å². The van der Waals surface area contributed by atoms with E-state index in [9.17, 15) is 18.8 Å². The highest BCUT2D eigenvalue weighted by Gasteiger charge is 2.64. The fourth-order valence-electron chi connectivity index (χ4n) is 6.59. The first-order chi connectivity index (χ1) is 20.4. The third-order valence-electron chi connectivity index (χ3n) is 8.81. The molecule has 6 rings (SSSR count). The summed E-state index contributed by atoms with van der Waals surface area (Å²) in [5, 5.41) is 8.30. The van der Waals surface area contributed by atoms with E-state index in [1.165, 1.54) is 19.1 Å². The SMILES string of the molecule is CC(=O)c1nn(CC(=O)N2C3C[C@]3(C)C[C@H]2C(=O)NC(C)Cc2cccc(F)c2)c2c(C)cc(-c3cnc(C)nc3)cc12. The Balaban J connectivity index is 1.25. The highest BCUT2D eigenvalue weighted by atomic mass is 19.1. The summed E-state index contributed by atoms with van der Waals surface area (Å²) in [4.78, 5) is 50.4. The second-order valence-electron chi connectivity index (χ2n) is 12.4. The number of halogens is 1. The number of nitrogens with one attached hydrogen (secondary N) is 1. The van der Waals surface area contributed by atoms with Crippen LogP contribution < -0.4 is 5.32 Å². The number of carbonyl (C=O) groups excluding carboxylic acids is 3. The van der Waals surface area contributed by atoms with Gasteiger partial charge in [-0.05, 0) is 86.4 Å². The van der Waals surface area contributed by atoms with Crippen LogP contribution >= 0.6 is 0 Å². The molecule has 1 N–H and O–H groups in total. The summed E-state index contributed by atoms with van der Waals surface area (Å²) in [7, 11) is 0. The van der Waals surface area contributed by atoms with Gasteiger partial charge in [0.25, 0.3) is 0 Å². The average Bonchev–Trinajstić information content (AvgIpc) is 3.29. The molecule has 9 nitrogen and oxygen atoms in total. The molecule has 2 aliphatic rings. The molecule has 1 aliphatic heterocycles. The van der Waals surface area contributed by atoms with Crippen LogP contribution in [0.4, 0.5) is 4.39 Å². The van der Waals surface area contributed by atoms with E-state index < -0.39 is 6.04 Å². The molecule has 4 atom stereocenters. The summed E-state index contributed by atoms with van der Waals surface area (Å²) in [6.45, 7) is 9.11. The lowest BCUT2D eigenvalue weighted by Crippen LogP contribution is -2.51. The Morgan fingerprint density at radius 2 is 1.84 bits per heavy atom. The van der Waals surface area contributed by atoms with Gasteiger partial charge in [0, 0.05) is 42.4 Å². The van der Waals surface area contributed by atoms with Gasteiger partial charge < -0.3 is 10.2 Å². The van der Waals surface area contributed by atoms with Crippen molar-refractivity contribution in [3.05, 3.63) is 77.3 Å². The molecule has 2 unspecified atom stereocenters. The smallest absolute Gasteiger partial charge is 0.245 e. The number of carbonyl (C=O) groups is 3. The van der Waals surface area contributed by atoms with Crippen molar-refractivity contribution in [1.82, 2.24) is 30.0 Å². The number of hydrogen-bond donors (Lipinski definition) is 1. The van der Waals surface area contributed by atoms with Gasteiger partial charge in [-0.3, -0.25) is 19.1 Å². The van der Waals surface area contributed by atoms with E-state index in [0.717, 1.165) is 28.7 Å². The van der Waals surface area contributed by atoms with Gasteiger partial charge in [-0.1, -0.05) is 19.1 Å². The van der Waals surface area contributed by atoms with E-state index >= 15 is 0 Å². The zero-order chi connectivity index (χ0) is 30.6. The molecule has 1 saturated carbocycles. The minimum absolute atomic E-state index is 0.0161. The van der Waals surface area contributed by atoms with Gasteiger partial charge in [0.1, 0.15) is 29.9 Å². The third-order valence-corrected chi connectivity index (χ3v) is 8.81. The molecule has 0 spiro atoms. The molecule has 10 heteroatoms. The summed E-state index contributed by atoms with van der Waals surface area (Å²) >= 11 is 0. The lowest BCUT2D eigenvalue weighted by Gasteiger charge is -2.28. The molecule has 222 valence electrons. The predicted octanol–water partition coefficient (Wildman–Crippen LogP) is 4.58. The second kappa shape index (κ2) is 10.7. The van der Waals surface area contributed by atoms with Crippen LogP contribution in [-0.4, -0.2) is 60.4 Å². The predicted molar refractivity (Wildman–Crippen MR) is 160 cm³/mol. The number of nitrogens with zero attached hydrogens (tertiary/aromatic N) is 5. The van der Waals surface area contributed by atoms with Crippen molar-refractivity contribution in [1.29, 1.82) is 0 Å². The molecule has 2 fully saturated rings. The number of hydrogen-bond acceptors (Lipinski definition) is 6. The quantitative estimate of drug-likeness (QED) is 0.305. The summed E-state index contributed by atoms with van der Waals surface area (Å²) < 4.78 is 15.2. The molecule has 1 aliphatic carbocycles. The number of ketones is 1. The topological polar surface area (TPSA) is 110 Å². The van der Waals surface area contributed by atoms with E-state index in [-0.39, 0.29) is 47.5 Å². The lowest BCUT2D eigenvalue weighted by molar-refractivity contribution is -0.140. The normalized spacial score (nSPS) is 21.5. The maximum absolute atomic E-state index is 13.9. The van der Waals surface area contributed by atoms with E-state index in [2.05, 4.69) is 27.3 Å². The number of Topliss-reactive ketones (excluding diaryl/α,β-unsaturated/α-hetero) is 1. The second-order valence-corrected chi connectivity index (χ2v) is 12.4. The minimum Gasteiger partial charge on any atom is -0.352 e. The zero-order valence-corrected chi connectivity index (χ0v) is 25.0. The van der Waals surface area contributed by atoms with Crippen molar-refractivity contribution in [2.45, 2.75) is 78.6 Å². The number of fused-ring (bicyclic) bond motifs is 2. The van der Waals surface area contributed by atoms with Crippen LogP contribution in [0.5, 0.6) is 0 Å². The summed E-state index contributed by atoms with van der Waals surface area (Å²) in [6.07, 6.45) is 5.40. The van der Waals surface area contributed by atoms with Gasteiger partial charge >= 0.3 is 0 Å². The van der Waals surface area contributed by atoms with Gasteiger partial charge in [-0.2, -0.15) is 5.10 Å². The van der Waals surface area contributed by atoms with E-state index in [4.69, 9.17) is 0 Å².